The van der Waals surface area contributed by atoms with Crippen molar-refractivity contribution < 1.29 is 9.53 Å². The maximum absolute atomic E-state index is 11.8. The maximum atomic E-state index is 11.8. The molecule has 2 aliphatic rings. The highest BCUT2D eigenvalue weighted by Gasteiger charge is 2.26. The Morgan fingerprint density at radius 3 is 2.57 bits per heavy atom. The lowest BCUT2D eigenvalue weighted by Gasteiger charge is -2.40. The van der Waals surface area contributed by atoms with E-state index in [0.29, 0.717) is 18.7 Å². The molecule has 0 radical (unpaired) electrons. The lowest BCUT2D eigenvalue weighted by atomic mass is 10.2. The summed E-state index contributed by atoms with van der Waals surface area (Å²) in [4.78, 5) is 18.7. The van der Waals surface area contributed by atoms with Crippen LogP contribution in [-0.2, 0) is 9.53 Å². The van der Waals surface area contributed by atoms with Crippen LogP contribution in [0.25, 0.3) is 0 Å². The van der Waals surface area contributed by atoms with E-state index in [9.17, 15) is 4.79 Å². The normalized spacial score (nSPS) is 25.5. The van der Waals surface area contributed by atoms with E-state index < -0.39 is 0 Å². The number of nitrogens with one attached hydrogen (secondary N) is 1. The zero-order valence-electron chi connectivity index (χ0n) is 13.7. The Bertz CT molecular complexity index is 330. The molecule has 1 N–H and O–H groups in total. The van der Waals surface area contributed by atoms with Crippen molar-refractivity contribution in [3.63, 3.8) is 0 Å². The summed E-state index contributed by atoms with van der Waals surface area (Å²) in [5.41, 5.74) is 0. The van der Waals surface area contributed by atoms with E-state index in [-0.39, 0.29) is 5.91 Å². The molecule has 0 aromatic heterocycles. The van der Waals surface area contributed by atoms with Crippen molar-refractivity contribution in [1.82, 2.24) is 20.0 Å². The molecule has 0 spiro atoms. The largest absolute Gasteiger partial charge is 0.374 e. The summed E-state index contributed by atoms with van der Waals surface area (Å²) in [6.07, 6.45) is 0.306. The Morgan fingerprint density at radius 1 is 1.24 bits per heavy atom. The van der Waals surface area contributed by atoms with E-state index in [1.165, 1.54) is 0 Å². The highest BCUT2D eigenvalue weighted by atomic mass is 16.5. The second kappa shape index (κ2) is 8.08. The highest BCUT2D eigenvalue weighted by Crippen LogP contribution is 2.11. The van der Waals surface area contributed by atoms with E-state index in [4.69, 9.17) is 4.74 Å². The number of carbonyl (C=O) groups is 1. The number of carbonyl (C=O) groups excluding carboxylic acids is 1. The summed E-state index contributed by atoms with van der Waals surface area (Å²) >= 11 is 0. The van der Waals surface area contributed by atoms with Gasteiger partial charge in [-0.05, 0) is 20.9 Å². The van der Waals surface area contributed by atoms with Gasteiger partial charge in [-0.3, -0.25) is 14.6 Å². The number of likely N-dealkylation sites (N-methyl/N-ethyl adjacent to an activating group) is 1. The maximum Gasteiger partial charge on any atom is 0.236 e. The average Bonchev–Trinajstić information content (AvgIpc) is 2.48. The predicted octanol–water partition coefficient (Wildman–Crippen LogP) is -0.541. The molecule has 1 amide bonds. The van der Waals surface area contributed by atoms with Crippen molar-refractivity contribution in [2.24, 2.45) is 0 Å². The number of hydrogen-bond donors (Lipinski definition) is 1. The van der Waals surface area contributed by atoms with E-state index in [0.717, 1.165) is 52.4 Å². The molecular formula is C15H30N4O2. The fourth-order valence-corrected chi connectivity index (χ4v) is 3.05. The first kappa shape index (κ1) is 16.7. The van der Waals surface area contributed by atoms with Crippen LogP contribution >= 0.6 is 0 Å². The molecule has 0 aromatic rings. The minimum Gasteiger partial charge on any atom is -0.374 e. The van der Waals surface area contributed by atoms with E-state index in [2.05, 4.69) is 29.0 Å². The molecule has 0 bridgehead atoms. The lowest BCUT2D eigenvalue weighted by Crippen LogP contribution is -2.55. The van der Waals surface area contributed by atoms with Crippen molar-refractivity contribution in [1.29, 1.82) is 0 Å². The quantitative estimate of drug-likeness (QED) is 0.739. The Balaban J connectivity index is 1.72. The van der Waals surface area contributed by atoms with Gasteiger partial charge in [0.1, 0.15) is 0 Å². The second-order valence-electron chi connectivity index (χ2n) is 6.29. The molecule has 122 valence electrons. The van der Waals surface area contributed by atoms with Gasteiger partial charge in [-0.25, -0.2) is 0 Å². The summed E-state index contributed by atoms with van der Waals surface area (Å²) < 4.78 is 5.90. The SMILES string of the molecule is CNCC(=O)N1CCN(CC2CN(C(C)C)CCO2)CC1. The van der Waals surface area contributed by atoms with Crippen molar-refractivity contribution >= 4 is 5.91 Å². The first-order valence-electron chi connectivity index (χ1n) is 8.10. The van der Waals surface area contributed by atoms with Crippen LogP contribution in [0.1, 0.15) is 13.8 Å². The zero-order chi connectivity index (χ0) is 15.2. The molecule has 0 aromatic carbocycles. The zero-order valence-corrected chi connectivity index (χ0v) is 13.7. The second-order valence-corrected chi connectivity index (χ2v) is 6.29. The van der Waals surface area contributed by atoms with Gasteiger partial charge in [0.15, 0.2) is 0 Å². The first-order chi connectivity index (χ1) is 10.1. The Labute approximate surface area is 128 Å². The van der Waals surface area contributed by atoms with Crippen LogP contribution in [0.3, 0.4) is 0 Å². The number of rotatable bonds is 5. The number of morpholine rings is 1. The number of ether oxygens (including phenoxy) is 1. The van der Waals surface area contributed by atoms with Gasteiger partial charge >= 0.3 is 0 Å². The molecule has 21 heavy (non-hydrogen) atoms. The predicted molar refractivity (Wildman–Crippen MR) is 83.4 cm³/mol. The minimum atomic E-state index is 0.206. The molecule has 1 atom stereocenters. The molecule has 2 heterocycles. The third-order valence-corrected chi connectivity index (χ3v) is 4.42. The third kappa shape index (κ3) is 4.92. The van der Waals surface area contributed by atoms with E-state index >= 15 is 0 Å². The van der Waals surface area contributed by atoms with Gasteiger partial charge in [-0.15, -0.1) is 0 Å². The van der Waals surface area contributed by atoms with Gasteiger partial charge in [0.25, 0.3) is 0 Å². The van der Waals surface area contributed by atoms with Crippen molar-refractivity contribution in [2.45, 2.75) is 26.0 Å². The summed E-state index contributed by atoms with van der Waals surface area (Å²) in [7, 11) is 1.81. The van der Waals surface area contributed by atoms with Crippen molar-refractivity contribution in [2.75, 3.05) is 66.0 Å². The van der Waals surface area contributed by atoms with Crippen LogP contribution in [0, 0.1) is 0 Å². The third-order valence-electron chi connectivity index (χ3n) is 4.42. The number of piperazine rings is 1. The van der Waals surface area contributed by atoms with Crippen LogP contribution in [-0.4, -0.2) is 98.8 Å². The fourth-order valence-electron chi connectivity index (χ4n) is 3.05. The molecule has 6 nitrogen and oxygen atoms in total. The van der Waals surface area contributed by atoms with Gasteiger partial charge in [-0.1, -0.05) is 0 Å². The van der Waals surface area contributed by atoms with Gasteiger partial charge in [0.2, 0.25) is 5.91 Å². The number of amides is 1. The molecule has 2 saturated heterocycles. The monoisotopic (exact) mass is 298 g/mol. The minimum absolute atomic E-state index is 0.206. The highest BCUT2D eigenvalue weighted by molar-refractivity contribution is 5.78. The summed E-state index contributed by atoms with van der Waals surface area (Å²) in [6.45, 7) is 12.4. The topological polar surface area (TPSA) is 48.1 Å². The smallest absolute Gasteiger partial charge is 0.236 e. The Hall–Kier alpha value is -0.690. The fraction of sp³-hybridized carbons (Fsp3) is 0.933. The summed E-state index contributed by atoms with van der Waals surface area (Å²) in [5.74, 6) is 0.206. The van der Waals surface area contributed by atoms with Gasteiger partial charge in [0, 0.05) is 51.9 Å². The Morgan fingerprint density at radius 2 is 1.95 bits per heavy atom. The van der Waals surface area contributed by atoms with Crippen molar-refractivity contribution in [3.05, 3.63) is 0 Å². The molecular weight excluding hydrogens is 268 g/mol. The average molecular weight is 298 g/mol. The number of nitrogens with zero attached hydrogens (tertiary/aromatic N) is 3. The van der Waals surface area contributed by atoms with Gasteiger partial charge in [-0.2, -0.15) is 0 Å². The van der Waals surface area contributed by atoms with Crippen LogP contribution in [0.5, 0.6) is 0 Å². The van der Waals surface area contributed by atoms with Crippen LogP contribution in [0.15, 0.2) is 0 Å². The lowest BCUT2D eigenvalue weighted by molar-refractivity contribution is -0.132. The van der Waals surface area contributed by atoms with Gasteiger partial charge in [0.05, 0.1) is 19.3 Å². The molecule has 0 aliphatic carbocycles. The standard InChI is InChI=1S/C15H30N4O2/c1-13(2)19-8-9-21-14(12-19)11-17-4-6-18(7-5-17)15(20)10-16-3/h13-14,16H,4-12H2,1-3H3. The van der Waals surface area contributed by atoms with Crippen molar-refractivity contribution in [3.8, 4) is 0 Å². The molecule has 2 rings (SSSR count). The van der Waals surface area contributed by atoms with Crippen LogP contribution < -0.4 is 5.32 Å². The van der Waals surface area contributed by atoms with Crippen LogP contribution in [0.2, 0.25) is 0 Å². The first-order valence-corrected chi connectivity index (χ1v) is 8.10. The molecule has 0 saturated carbocycles. The molecule has 6 heteroatoms. The van der Waals surface area contributed by atoms with E-state index in [1.54, 1.807) is 0 Å². The Kier molecular flexibility index (Phi) is 6.41. The van der Waals surface area contributed by atoms with Gasteiger partial charge < -0.3 is 15.0 Å². The summed E-state index contributed by atoms with van der Waals surface area (Å²) in [6, 6.07) is 0.590. The number of hydrogen-bond acceptors (Lipinski definition) is 5. The molecule has 1 unspecified atom stereocenters. The molecule has 2 fully saturated rings. The van der Waals surface area contributed by atoms with Crippen LogP contribution in [0.4, 0.5) is 0 Å². The molecule has 2 aliphatic heterocycles. The van der Waals surface area contributed by atoms with E-state index in [1.807, 2.05) is 11.9 Å². The summed E-state index contributed by atoms with van der Waals surface area (Å²) in [5, 5.41) is 2.93.